The Morgan fingerprint density at radius 1 is 1.14 bits per heavy atom. The van der Waals surface area contributed by atoms with Crippen molar-refractivity contribution in [2.24, 2.45) is 0 Å². The van der Waals surface area contributed by atoms with Crippen LogP contribution in [0, 0.1) is 11.6 Å². The van der Waals surface area contributed by atoms with Gasteiger partial charge in [0.15, 0.2) is 0 Å². The van der Waals surface area contributed by atoms with Gasteiger partial charge in [0, 0.05) is 17.9 Å². The largest absolute Gasteiger partial charge is 0.396 e. The summed E-state index contributed by atoms with van der Waals surface area (Å²) in [6.45, 7) is 1.51. The Balaban J connectivity index is 2.11. The van der Waals surface area contributed by atoms with Crippen LogP contribution in [-0.2, 0) is 11.2 Å². The van der Waals surface area contributed by atoms with Crippen LogP contribution in [0.4, 0.5) is 14.5 Å². The van der Waals surface area contributed by atoms with Crippen LogP contribution in [0.3, 0.4) is 0 Å². The summed E-state index contributed by atoms with van der Waals surface area (Å²) < 4.78 is 27.4. The number of halogens is 2. The first-order valence-electron chi connectivity index (χ1n) is 6.97. The van der Waals surface area contributed by atoms with Crippen LogP contribution < -0.4 is 5.32 Å². The van der Waals surface area contributed by atoms with Gasteiger partial charge in [-0.2, -0.15) is 0 Å². The summed E-state index contributed by atoms with van der Waals surface area (Å²) in [5.74, 6) is -2.90. The minimum absolute atomic E-state index is 0.0509. The molecule has 0 heterocycles. The van der Waals surface area contributed by atoms with E-state index >= 15 is 0 Å². The summed E-state index contributed by atoms with van der Waals surface area (Å²) in [5.41, 5.74) is 1.24. The molecule has 0 aliphatic heterocycles. The highest BCUT2D eigenvalue weighted by molar-refractivity contribution is 5.95. The average molecular weight is 305 g/mol. The van der Waals surface area contributed by atoms with Crippen LogP contribution in [0.1, 0.15) is 24.0 Å². The van der Waals surface area contributed by atoms with Crippen LogP contribution >= 0.6 is 0 Å². The third kappa shape index (κ3) is 3.68. The maximum absolute atomic E-state index is 13.7. The summed E-state index contributed by atoms with van der Waals surface area (Å²) >= 11 is 0. The molecule has 0 aliphatic carbocycles. The number of anilines is 1. The highest BCUT2D eigenvalue weighted by atomic mass is 19.1. The standard InChI is InChI=1S/C17H17F2NO2/c1-11(16-14(18)3-2-4-15(16)19)17(22)20-13-7-5-12(6-8-13)9-10-21/h2-8,11,21H,9-10H2,1H3,(H,20,22). The summed E-state index contributed by atoms with van der Waals surface area (Å²) in [6.07, 6.45) is 0.533. The second-order valence-corrected chi connectivity index (χ2v) is 5.02. The second-order valence-electron chi connectivity index (χ2n) is 5.02. The van der Waals surface area contributed by atoms with E-state index in [-0.39, 0.29) is 12.2 Å². The van der Waals surface area contributed by atoms with E-state index in [2.05, 4.69) is 5.32 Å². The molecule has 2 N–H and O–H groups in total. The minimum atomic E-state index is -0.946. The fourth-order valence-corrected chi connectivity index (χ4v) is 2.19. The quantitative estimate of drug-likeness (QED) is 0.891. The third-order valence-electron chi connectivity index (χ3n) is 3.45. The lowest BCUT2D eigenvalue weighted by Gasteiger charge is -2.14. The number of rotatable bonds is 5. The average Bonchev–Trinajstić information content (AvgIpc) is 2.49. The van der Waals surface area contributed by atoms with E-state index in [9.17, 15) is 13.6 Å². The summed E-state index contributed by atoms with van der Waals surface area (Å²) in [6, 6.07) is 10.5. The van der Waals surface area contributed by atoms with Gasteiger partial charge in [-0.05, 0) is 43.2 Å². The number of benzene rings is 2. The zero-order valence-corrected chi connectivity index (χ0v) is 12.1. The first-order chi connectivity index (χ1) is 10.5. The molecule has 116 valence electrons. The van der Waals surface area contributed by atoms with Gasteiger partial charge in [-0.15, -0.1) is 0 Å². The van der Waals surface area contributed by atoms with Crippen molar-refractivity contribution in [1.29, 1.82) is 0 Å². The number of amides is 1. The van der Waals surface area contributed by atoms with Gasteiger partial charge in [0.25, 0.3) is 0 Å². The molecule has 0 fully saturated rings. The Labute approximate surface area is 127 Å². The van der Waals surface area contributed by atoms with E-state index in [1.165, 1.54) is 13.0 Å². The van der Waals surface area contributed by atoms with Crippen LogP contribution in [-0.4, -0.2) is 17.6 Å². The van der Waals surface area contributed by atoms with Crippen LogP contribution in [0.15, 0.2) is 42.5 Å². The molecule has 22 heavy (non-hydrogen) atoms. The highest BCUT2D eigenvalue weighted by Gasteiger charge is 2.22. The molecular formula is C17H17F2NO2. The summed E-state index contributed by atoms with van der Waals surface area (Å²) in [4.78, 5) is 12.1. The summed E-state index contributed by atoms with van der Waals surface area (Å²) in [5, 5.41) is 11.5. The van der Waals surface area contributed by atoms with Gasteiger partial charge in [-0.1, -0.05) is 18.2 Å². The topological polar surface area (TPSA) is 49.3 Å². The van der Waals surface area contributed by atoms with Gasteiger partial charge >= 0.3 is 0 Å². The Bertz CT molecular complexity index is 636. The van der Waals surface area contributed by atoms with Crippen LogP contribution in [0.25, 0.3) is 0 Å². The monoisotopic (exact) mass is 305 g/mol. The Kier molecular flexibility index (Phi) is 5.22. The first kappa shape index (κ1) is 16.1. The molecule has 0 aromatic heterocycles. The predicted octanol–water partition coefficient (Wildman–Crippen LogP) is 3.24. The van der Waals surface area contributed by atoms with E-state index in [0.717, 1.165) is 17.7 Å². The Morgan fingerprint density at radius 3 is 2.27 bits per heavy atom. The maximum Gasteiger partial charge on any atom is 0.231 e. The third-order valence-corrected chi connectivity index (χ3v) is 3.45. The van der Waals surface area contributed by atoms with Crippen molar-refractivity contribution in [3.8, 4) is 0 Å². The molecule has 2 aromatic carbocycles. The number of carbonyl (C=O) groups excluding carboxylic acids is 1. The number of aliphatic hydroxyl groups excluding tert-OH is 1. The van der Waals surface area contributed by atoms with Crippen molar-refractivity contribution >= 4 is 11.6 Å². The summed E-state index contributed by atoms with van der Waals surface area (Å²) in [7, 11) is 0. The Hall–Kier alpha value is -2.27. The van der Waals surface area contributed by atoms with E-state index in [1.54, 1.807) is 24.3 Å². The zero-order chi connectivity index (χ0) is 16.1. The van der Waals surface area contributed by atoms with E-state index in [4.69, 9.17) is 5.11 Å². The van der Waals surface area contributed by atoms with E-state index in [0.29, 0.717) is 12.1 Å². The maximum atomic E-state index is 13.7. The number of aliphatic hydroxyl groups is 1. The number of nitrogens with one attached hydrogen (secondary N) is 1. The highest BCUT2D eigenvalue weighted by Crippen LogP contribution is 2.24. The van der Waals surface area contributed by atoms with Gasteiger partial charge < -0.3 is 10.4 Å². The van der Waals surface area contributed by atoms with Gasteiger partial charge in [-0.3, -0.25) is 4.79 Å². The molecule has 1 atom stereocenters. The lowest BCUT2D eigenvalue weighted by molar-refractivity contribution is -0.117. The predicted molar refractivity (Wildman–Crippen MR) is 80.6 cm³/mol. The molecule has 0 spiro atoms. The van der Waals surface area contributed by atoms with Gasteiger partial charge in [-0.25, -0.2) is 8.78 Å². The molecule has 2 rings (SSSR count). The molecule has 5 heteroatoms. The molecule has 3 nitrogen and oxygen atoms in total. The van der Waals surface area contributed by atoms with Gasteiger partial charge in [0.05, 0.1) is 5.92 Å². The van der Waals surface area contributed by atoms with Crippen molar-refractivity contribution < 1.29 is 18.7 Å². The first-order valence-corrected chi connectivity index (χ1v) is 6.97. The van der Waals surface area contributed by atoms with Crippen molar-refractivity contribution in [3.05, 3.63) is 65.2 Å². The van der Waals surface area contributed by atoms with E-state index < -0.39 is 23.5 Å². The Morgan fingerprint density at radius 2 is 1.73 bits per heavy atom. The van der Waals surface area contributed by atoms with Crippen LogP contribution in [0.5, 0.6) is 0 Å². The molecule has 0 bridgehead atoms. The van der Waals surface area contributed by atoms with Crippen molar-refractivity contribution in [1.82, 2.24) is 0 Å². The van der Waals surface area contributed by atoms with Gasteiger partial charge in [0.1, 0.15) is 11.6 Å². The van der Waals surface area contributed by atoms with Crippen molar-refractivity contribution in [3.63, 3.8) is 0 Å². The minimum Gasteiger partial charge on any atom is -0.396 e. The number of carbonyl (C=O) groups is 1. The fraction of sp³-hybridized carbons (Fsp3) is 0.235. The molecule has 1 amide bonds. The van der Waals surface area contributed by atoms with Crippen LogP contribution in [0.2, 0.25) is 0 Å². The van der Waals surface area contributed by atoms with Crippen molar-refractivity contribution in [2.75, 3.05) is 11.9 Å². The fourth-order valence-electron chi connectivity index (χ4n) is 2.19. The smallest absolute Gasteiger partial charge is 0.231 e. The molecule has 2 aromatic rings. The van der Waals surface area contributed by atoms with Crippen molar-refractivity contribution in [2.45, 2.75) is 19.3 Å². The normalized spacial score (nSPS) is 12.0. The lowest BCUT2D eigenvalue weighted by atomic mass is 9.99. The van der Waals surface area contributed by atoms with Gasteiger partial charge in [0.2, 0.25) is 5.91 Å². The van der Waals surface area contributed by atoms with E-state index in [1.807, 2.05) is 0 Å². The zero-order valence-electron chi connectivity index (χ0n) is 12.1. The number of hydrogen-bond donors (Lipinski definition) is 2. The molecule has 1 unspecified atom stereocenters. The molecule has 0 saturated carbocycles. The lowest BCUT2D eigenvalue weighted by Crippen LogP contribution is -2.20. The molecular weight excluding hydrogens is 288 g/mol. The molecule has 0 radical (unpaired) electrons. The number of hydrogen-bond acceptors (Lipinski definition) is 2. The molecule has 0 saturated heterocycles. The second kappa shape index (κ2) is 7.13. The SMILES string of the molecule is CC(C(=O)Nc1ccc(CCO)cc1)c1c(F)cccc1F. The molecule has 0 aliphatic rings.